The zero-order valence-electron chi connectivity index (χ0n) is 23.1. The van der Waals surface area contributed by atoms with Gasteiger partial charge in [-0.3, -0.25) is 9.80 Å². The second kappa shape index (κ2) is 14.2. The molecule has 2 heterocycles. The van der Waals surface area contributed by atoms with Gasteiger partial charge >= 0.3 is 0 Å². The molecule has 0 aromatic heterocycles. The summed E-state index contributed by atoms with van der Waals surface area (Å²) in [6, 6.07) is 22.6. The Bertz CT molecular complexity index is 1190. The van der Waals surface area contributed by atoms with Gasteiger partial charge < -0.3 is 29.3 Å². The summed E-state index contributed by atoms with van der Waals surface area (Å²) in [7, 11) is 1.65. The second-order valence-electron chi connectivity index (χ2n) is 10.0. The molecule has 0 aliphatic carbocycles. The first-order valence-electron chi connectivity index (χ1n) is 13.9. The molecule has 2 aliphatic heterocycles. The number of aliphatic hydroxyl groups is 2. The lowest BCUT2D eigenvalue weighted by atomic mass is 10.1. The number of nitrogens with zero attached hydrogens (tertiary/aromatic N) is 3. The molecule has 0 unspecified atom stereocenters. The lowest BCUT2D eigenvalue weighted by molar-refractivity contribution is 0.0321. The minimum absolute atomic E-state index is 0.0125. The number of ether oxygens (including phenoxy) is 3. The van der Waals surface area contributed by atoms with E-state index >= 15 is 0 Å². The highest BCUT2D eigenvalue weighted by atomic mass is 32.2. The number of fused-ring (bicyclic) bond motifs is 2. The molecule has 1 fully saturated rings. The van der Waals surface area contributed by atoms with Gasteiger partial charge in [-0.25, -0.2) is 0 Å². The van der Waals surface area contributed by atoms with Gasteiger partial charge in [0.1, 0.15) is 6.61 Å². The van der Waals surface area contributed by atoms with Crippen LogP contribution in [-0.4, -0.2) is 98.9 Å². The molecule has 0 saturated carbocycles. The molecule has 3 aromatic carbocycles. The number of aliphatic hydroxyl groups excluding tert-OH is 2. The predicted molar refractivity (Wildman–Crippen MR) is 158 cm³/mol. The van der Waals surface area contributed by atoms with E-state index in [9.17, 15) is 10.2 Å². The minimum atomic E-state index is -0.625. The Kier molecular flexibility index (Phi) is 10.2. The van der Waals surface area contributed by atoms with Gasteiger partial charge in [0.2, 0.25) is 0 Å². The van der Waals surface area contributed by atoms with Gasteiger partial charge in [0.05, 0.1) is 51.0 Å². The Morgan fingerprint density at radius 1 is 0.975 bits per heavy atom. The van der Waals surface area contributed by atoms with Gasteiger partial charge in [0, 0.05) is 49.1 Å². The smallest absolute Gasteiger partial charge is 0.161 e. The van der Waals surface area contributed by atoms with E-state index in [4.69, 9.17) is 14.2 Å². The third kappa shape index (κ3) is 7.28. The van der Waals surface area contributed by atoms with Crippen molar-refractivity contribution in [2.24, 2.45) is 0 Å². The molecule has 40 heavy (non-hydrogen) atoms. The zero-order chi connectivity index (χ0) is 27.7. The van der Waals surface area contributed by atoms with Crippen LogP contribution < -0.4 is 14.4 Å². The highest BCUT2D eigenvalue weighted by molar-refractivity contribution is 7.99. The molecule has 0 spiro atoms. The third-order valence-electron chi connectivity index (χ3n) is 7.21. The number of methoxy groups -OCH3 is 1. The van der Waals surface area contributed by atoms with Crippen LogP contribution in [0, 0.1) is 0 Å². The second-order valence-corrected chi connectivity index (χ2v) is 11.1. The molecule has 2 N–H and O–H groups in total. The zero-order valence-corrected chi connectivity index (χ0v) is 23.9. The molecule has 1 atom stereocenters. The standard InChI is InChI=1S/C31H39N3O5S/c1-37-29-20-24(10-11-28(29)39-19-15-32-13-17-38-18-14-32)21-33(12-16-35)22-25(36)23-34-26-6-2-4-8-30(26)40-31-9-5-3-7-27(31)34/h2-11,20,25,35-36H,12-19,21-23H2,1H3/t25-/m1/s1. The van der Waals surface area contributed by atoms with Gasteiger partial charge in [-0.15, -0.1) is 0 Å². The van der Waals surface area contributed by atoms with Crippen molar-refractivity contribution in [3.63, 3.8) is 0 Å². The van der Waals surface area contributed by atoms with Gasteiger partial charge in [-0.2, -0.15) is 0 Å². The summed E-state index contributed by atoms with van der Waals surface area (Å²) >= 11 is 1.76. The van der Waals surface area contributed by atoms with Crippen molar-refractivity contribution in [2.45, 2.75) is 22.4 Å². The summed E-state index contributed by atoms with van der Waals surface area (Å²) < 4.78 is 17.1. The number of hydrogen-bond donors (Lipinski definition) is 2. The lowest BCUT2D eigenvalue weighted by Gasteiger charge is -2.35. The normalized spacial score (nSPS) is 15.9. The Balaban J connectivity index is 1.21. The Morgan fingerprint density at radius 2 is 1.68 bits per heavy atom. The third-order valence-corrected chi connectivity index (χ3v) is 8.34. The van der Waals surface area contributed by atoms with Crippen molar-refractivity contribution in [3.8, 4) is 11.5 Å². The topological polar surface area (TPSA) is 77.9 Å². The number of anilines is 2. The van der Waals surface area contributed by atoms with E-state index in [1.165, 1.54) is 9.79 Å². The Morgan fingerprint density at radius 3 is 2.35 bits per heavy atom. The van der Waals surface area contributed by atoms with Gasteiger partial charge in [-0.05, 0) is 42.0 Å². The molecule has 5 rings (SSSR count). The molecule has 9 heteroatoms. The molecule has 0 amide bonds. The number of morpholine rings is 1. The summed E-state index contributed by atoms with van der Waals surface area (Å²) in [6.45, 7) is 6.77. The number of benzene rings is 3. The fraction of sp³-hybridized carbons (Fsp3) is 0.419. The summed E-state index contributed by atoms with van der Waals surface area (Å²) in [6.07, 6.45) is -0.625. The molecule has 214 valence electrons. The average Bonchev–Trinajstić information content (AvgIpc) is 2.98. The monoisotopic (exact) mass is 565 g/mol. The first-order valence-corrected chi connectivity index (χ1v) is 14.7. The fourth-order valence-corrected chi connectivity index (χ4v) is 6.31. The molecule has 8 nitrogen and oxygen atoms in total. The van der Waals surface area contributed by atoms with Gasteiger partial charge in [0.15, 0.2) is 11.5 Å². The van der Waals surface area contributed by atoms with Crippen LogP contribution in [0.25, 0.3) is 0 Å². The van der Waals surface area contributed by atoms with Crippen molar-refractivity contribution in [1.29, 1.82) is 0 Å². The number of hydrogen-bond acceptors (Lipinski definition) is 9. The van der Waals surface area contributed by atoms with Crippen LogP contribution in [0.1, 0.15) is 5.56 Å². The van der Waals surface area contributed by atoms with Crippen LogP contribution in [0.5, 0.6) is 11.5 Å². The minimum Gasteiger partial charge on any atom is -0.493 e. The van der Waals surface area contributed by atoms with E-state index in [1.54, 1.807) is 18.9 Å². The highest BCUT2D eigenvalue weighted by Gasteiger charge is 2.25. The largest absolute Gasteiger partial charge is 0.493 e. The Labute approximate surface area is 241 Å². The first kappa shape index (κ1) is 28.7. The quantitative estimate of drug-likeness (QED) is 0.321. The van der Waals surface area contributed by atoms with Crippen molar-refractivity contribution in [3.05, 3.63) is 72.3 Å². The van der Waals surface area contributed by atoms with E-state index in [2.05, 4.69) is 39.0 Å². The molecular formula is C31H39N3O5S. The summed E-state index contributed by atoms with van der Waals surface area (Å²) in [4.78, 5) is 8.98. The molecule has 0 radical (unpaired) electrons. The van der Waals surface area contributed by atoms with E-state index in [1.807, 2.05) is 42.5 Å². The average molecular weight is 566 g/mol. The predicted octanol–water partition coefficient (Wildman–Crippen LogP) is 3.86. The highest BCUT2D eigenvalue weighted by Crippen LogP contribution is 2.47. The van der Waals surface area contributed by atoms with E-state index < -0.39 is 6.10 Å². The van der Waals surface area contributed by atoms with Gasteiger partial charge in [-0.1, -0.05) is 42.1 Å². The van der Waals surface area contributed by atoms with Gasteiger partial charge in [0.25, 0.3) is 0 Å². The van der Waals surface area contributed by atoms with Crippen LogP contribution in [0.15, 0.2) is 76.5 Å². The molecule has 3 aromatic rings. The lowest BCUT2D eigenvalue weighted by Crippen LogP contribution is -2.40. The van der Waals surface area contributed by atoms with Crippen molar-refractivity contribution >= 4 is 23.1 Å². The summed E-state index contributed by atoms with van der Waals surface area (Å²) in [5.74, 6) is 1.40. The van der Waals surface area contributed by atoms with Crippen molar-refractivity contribution in [1.82, 2.24) is 9.80 Å². The molecule has 1 saturated heterocycles. The SMILES string of the molecule is COc1cc(CN(CCO)C[C@@H](O)CN2c3ccccc3Sc3ccccc32)ccc1OCCN1CCOCC1. The summed E-state index contributed by atoms with van der Waals surface area (Å²) in [5, 5.41) is 21.0. The van der Waals surface area contributed by atoms with Crippen molar-refractivity contribution < 1.29 is 24.4 Å². The fourth-order valence-electron chi connectivity index (χ4n) is 5.22. The maximum absolute atomic E-state index is 11.2. The molecule has 0 bridgehead atoms. The molecular weight excluding hydrogens is 526 g/mol. The van der Waals surface area contributed by atoms with Crippen LogP contribution >= 0.6 is 11.8 Å². The number of rotatable bonds is 13. The maximum atomic E-state index is 11.2. The van der Waals surface area contributed by atoms with Crippen molar-refractivity contribution in [2.75, 3.05) is 77.7 Å². The molecule has 2 aliphatic rings. The van der Waals surface area contributed by atoms with Crippen LogP contribution in [0.2, 0.25) is 0 Å². The number of β-amino-alcohol motifs (C(OH)–C–C–N with tert-alkyl or cyclic N) is 1. The summed E-state index contributed by atoms with van der Waals surface area (Å²) in [5.41, 5.74) is 3.24. The first-order chi connectivity index (χ1) is 19.6. The Hall–Kier alpha value is -2.79. The van der Waals surface area contributed by atoms with E-state index in [0.29, 0.717) is 44.3 Å². The van der Waals surface area contributed by atoms with Crippen LogP contribution in [0.3, 0.4) is 0 Å². The van der Waals surface area contributed by atoms with Crippen LogP contribution in [0.4, 0.5) is 11.4 Å². The maximum Gasteiger partial charge on any atom is 0.161 e. The van der Waals surface area contributed by atoms with E-state index in [-0.39, 0.29) is 6.61 Å². The van der Waals surface area contributed by atoms with E-state index in [0.717, 1.165) is 49.8 Å². The number of para-hydroxylation sites is 2. The van der Waals surface area contributed by atoms with Crippen LogP contribution in [-0.2, 0) is 11.3 Å².